The van der Waals surface area contributed by atoms with E-state index in [9.17, 15) is 9.59 Å². The van der Waals surface area contributed by atoms with Crippen LogP contribution in [0.4, 0.5) is 5.69 Å². The second-order valence-electron chi connectivity index (χ2n) is 5.73. The van der Waals surface area contributed by atoms with Gasteiger partial charge in [-0.05, 0) is 36.8 Å². The van der Waals surface area contributed by atoms with E-state index in [1.54, 1.807) is 19.1 Å². The Hall–Kier alpha value is -3.55. The molecule has 26 heavy (non-hydrogen) atoms. The zero-order valence-corrected chi connectivity index (χ0v) is 14.4. The van der Waals surface area contributed by atoms with Crippen LogP contribution in [0.2, 0.25) is 0 Å². The van der Waals surface area contributed by atoms with Crippen molar-refractivity contribution in [3.8, 4) is 0 Å². The number of hydrogen-bond acceptors (Lipinski definition) is 5. The van der Waals surface area contributed by atoms with Crippen LogP contribution in [0.15, 0.2) is 53.6 Å². The number of amides is 2. The van der Waals surface area contributed by atoms with Crippen molar-refractivity contribution >= 4 is 34.2 Å². The second kappa shape index (κ2) is 7.56. The molecule has 2 aromatic carbocycles. The molecule has 0 aliphatic heterocycles. The van der Waals surface area contributed by atoms with E-state index in [4.69, 9.17) is 0 Å². The SMILES string of the molecule is CC(=O)Nc1cccc(/C(C)=N\NC(=O)Cn2nnc3ccccc32)c1. The molecule has 3 aromatic rings. The molecule has 0 radical (unpaired) electrons. The van der Waals surface area contributed by atoms with Gasteiger partial charge in [0.2, 0.25) is 5.91 Å². The predicted octanol–water partition coefficient (Wildman–Crippen LogP) is 1.93. The summed E-state index contributed by atoms with van der Waals surface area (Å²) in [7, 11) is 0. The van der Waals surface area contributed by atoms with E-state index in [1.807, 2.05) is 36.4 Å². The number of nitrogens with zero attached hydrogens (tertiary/aromatic N) is 4. The quantitative estimate of drug-likeness (QED) is 0.542. The number of aromatic nitrogens is 3. The first-order valence-corrected chi connectivity index (χ1v) is 8.02. The van der Waals surface area contributed by atoms with Crippen LogP contribution in [0.25, 0.3) is 11.0 Å². The minimum atomic E-state index is -0.307. The molecule has 0 saturated carbocycles. The van der Waals surface area contributed by atoms with E-state index >= 15 is 0 Å². The van der Waals surface area contributed by atoms with Gasteiger partial charge in [0, 0.05) is 12.6 Å². The number of fused-ring (bicyclic) bond motifs is 1. The molecule has 8 nitrogen and oxygen atoms in total. The zero-order chi connectivity index (χ0) is 18.5. The molecule has 2 amide bonds. The lowest BCUT2D eigenvalue weighted by molar-refractivity contribution is -0.121. The Morgan fingerprint density at radius 2 is 1.92 bits per heavy atom. The number of hydrogen-bond donors (Lipinski definition) is 2. The Kier molecular flexibility index (Phi) is 5.02. The standard InChI is InChI=1S/C18H18N6O2/c1-12(14-6-5-7-15(10-14)19-13(2)25)20-22-18(26)11-24-17-9-4-3-8-16(17)21-23-24/h3-10H,11H2,1-2H3,(H,19,25)(H,22,26)/b20-12-. The average Bonchev–Trinajstić information content (AvgIpc) is 3.02. The number of anilines is 1. The lowest BCUT2D eigenvalue weighted by Gasteiger charge is -2.06. The number of carbonyl (C=O) groups excluding carboxylic acids is 2. The van der Waals surface area contributed by atoms with Crippen LogP contribution < -0.4 is 10.7 Å². The van der Waals surface area contributed by atoms with Crippen molar-refractivity contribution in [3.05, 3.63) is 54.1 Å². The second-order valence-corrected chi connectivity index (χ2v) is 5.73. The maximum Gasteiger partial charge on any atom is 0.261 e. The lowest BCUT2D eigenvalue weighted by atomic mass is 10.1. The summed E-state index contributed by atoms with van der Waals surface area (Å²) < 4.78 is 1.52. The summed E-state index contributed by atoms with van der Waals surface area (Å²) in [6.07, 6.45) is 0. The molecule has 0 unspecified atom stereocenters. The monoisotopic (exact) mass is 350 g/mol. The van der Waals surface area contributed by atoms with Crippen LogP contribution in [0, 0.1) is 0 Å². The van der Waals surface area contributed by atoms with Crippen molar-refractivity contribution in [2.45, 2.75) is 20.4 Å². The third-order valence-corrected chi connectivity index (χ3v) is 3.66. The fourth-order valence-electron chi connectivity index (χ4n) is 2.44. The topological polar surface area (TPSA) is 101 Å². The van der Waals surface area contributed by atoms with Crippen LogP contribution >= 0.6 is 0 Å². The predicted molar refractivity (Wildman–Crippen MR) is 98.6 cm³/mol. The molecule has 0 fully saturated rings. The molecule has 3 rings (SSSR count). The summed E-state index contributed by atoms with van der Waals surface area (Å²) in [5.74, 6) is -0.455. The van der Waals surface area contributed by atoms with Crippen molar-refractivity contribution in [3.63, 3.8) is 0 Å². The molecule has 0 atom stereocenters. The van der Waals surface area contributed by atoms with Gasteiger partial charge in [0.25, 0.3) is 5.91 Å². The van der Waals surface area contributed by atoms with E-state index in [2.05, 4.69) is 26.2 Å². The molecule has 1 heterocycles. The Labute approximate surface area is 149 Å². The number of rotatable bonds is 5. The van der Waals surface area contributed by atoms with Crippen molar-refractivity contribution in [1.29, 1.82) is 0 Å². The largest absolute Gasteiger partial charge is 0.326 e. The van der Waals surface area contributed by atoms with E-state index in [-0.39, 0.29) is 18.4 Å². The van der Waals surface area contributed by atoms with E-state index in [0.29, 0.717) is 11.4 Å². The van der Waals surface area contributed by atoms with Gasteiger partial charge in [0.1, 0.15) is 12.1 Å². The number of hydrazone groups is 1. The highest BCUT2D eigenvalue weighted by molar-refractivity contribution is 6.00. The average molecular weight is 350 g/mol. The first-order chi connectivity index (χ1) is 12.5. The summed E-state index contributed by atoms with van der Waals surface area (Å²) >= 11 is 0. The van der Waals surface area contributed by atoms with Crippen LogP contribution in [0.1, 0.15) is 19.4 Å². The molecule has 1 aromatic heterocycles. The summed E-state index contributed by atoms with van der Waals surface area (Å²) in [6, 6.07) is 14.6. The highest BCUT2D eigenvalue weighted by Crippen LogP contribution is 2.12. The van der Waals surface area contributed by atoms with Crippen LogP contribution in [-0.4, -0.2) is 32.5 Å². The number of carbonyl (C=O) groups is 2. The minimum absolute atomic E-state index is 0.0171. The van der Waals surface area contributed by atoms with Gasteiger partial charge in [-0.15, -0.1) is 5.10 Å². The molecule has 8 heteroatoms. The van der Waals surface area contributed by atoms with Gasteiger partial charge in [-0.2, -0.15) is 5.10 Å². The highest BCUT2D eigenvalue weighted by atomic mass is 16.2. The number of benzene rings is 2. The number of para-hydroxylation sites is 1. The third-order valence-electron chi connectivity index (χ3n) is 3.66. The first kappa shape index (κ1) is 17.3. The fourth-order valence-corrected chi connectivity index (χ4v) is 2.44. The first-order valence-electron chi connectivity index (χ1n) is 8.02. The van der Waals surface area contributed by atoms with Crippen molar-refractivity contribution in [1.82, 2.24) is 20.4 Å². The van der Waals surface area contributed by atoms with Gasteiger partial charge in [-0.25, -0.2) is 10.1 Å². The molecule has 0 spiro atoms. The molecule has 0 aliphatic carbocycles. The molecular formula is C18H18N6O2. The summed E-state index contributed by atoms with van der Waals surface area (Å²) in [4.78, 5) is 23.3. The Bertz CT molecular complexity index is 992. The van der Waals surface area contributed by atoms with Gasteiger partial charge in [-0.1, -0.05) is 29.5 Å². The van der Waals surface area contributed by atoms with E-state index in [0.717, 1.165) is 16.6 Å². The van der Waals surface area contributed by atoms with Gasteiger partial charge >= 0.3 is 0 Å². The Balaban J connectivity index is 1.67. The van der Waals surface area contributed by atoms with Gasteiger partial charge in [0.15, 0.2) is 0 Å². The van der Waals surface area contributed by atoms with E-state index in [1.165, 1.54) is 11.6 Å². The zero-order valence-electron chi connectivity index (χ0n) is 14.4. The van der Waals surface area contributed by atoms with Gasteiger partial charge < -0.3 is 5.32 Å². The third kappa shape index (κ3) is 4.10. The molecule has 2 N–H and O–H groups in total. The highest BCUT2D eigenvalue weighted by Gasteiger charge is 2.08. The van der Waals surface area contributed by atoms with E-state index < -0.39 is 0 Å². The van der Waals surface area contributed by atoms with Crippen LogP contribution in [-0.2, 0) is 16.1 Å². The molecule has 0 aliphatic rings. The van der Waals surface area contributed by atoms with Crippen LogP contribution in [0.3, 0.4) is 0 Å². The molecule has 0 saturated heterocycles. The Morgan fingerprint density at radius 1 is 1.12 bits per heavy atom. The maximum absolute atomic E-state index is 12.1. The maximum atomic E-state index is 12.1. The smallest absolute Gasteiger partial charge is 0.261 e. The molecule has 132 valence electrons. The number of nitrogens with one attached hydrogen (secondary N) is 2. The summed E-state index contributed by atoms with van der Waals surface area (Å²) in [6.45, 7) is 3.24. The van der Waals surface area contributed by atoms with Crippen molar-refractivity contribution in [2.24, 2.45) is 5.10 Å². The van der Waals surface area contributed by atoms with Crippen LogP contribution in [0.5, 0.6) is 0 Å². The fraction of sp³-hybridized carbons (Fsp3) is 0.167. The molecular weight excluding hydrogens is 332 g/mol. The summed E-state index contributed by atoms with van der Waals surface area (Å²) in [5.41, 5.74) is 6.12. The normalized spacial score (nSPS) is 11.4. The minimum Gasteiger partial charge on any atom is -0.326 e. The van der Waals surface area contributed by atoms with Gasteiger partial charge in [-0.3, -0.25) is 9.59 Å². The van der Waals surface area contributed by atoms with Gasteiger partial charge in [0.05, 0.1) is 11.2 Å². The van der Waals surface area contributed by atoms with Crippen molar-refractivity contribution in [2.75, 3.05) is 5.32 Å². The van der Waals surface area contributed by atoms with Crippen molar-refractivity contribution < 1.29 is 9.59 Å². The summed E-state index contributed by atoms with van der Waals surface area (Å²) in [5, 5.41) is 14.8. The lowest BCUT2D eigenvalue weighted by Crippen LogP contribution is -2.24. The Morgan fingerprint density at radius 3 is 2.73 bits per heavy atom. The molecule has 0 bridgehead atoms.